The number of fused-ring (bicyclic) bond motifs is 1. The molecule has 3 rings (SSSR count). The molecule has 0 unspecified atom stereocenters. The normalized spacial score (nSPS) is 10.7. The van der Waals surface area contributed by atoms with Crippen LogP contribution in [0.15, 0.2) is 51.7 Å². The Hall–Kier alpha value is -2.95. The highest BCUT2D eigenvalue weighted by atomic mass is 16.5. The SMILES string of the molecule is COc1ccc(CCc2oc3cccc(OC)c3c(=O)c2OC)cc1. The predicted molar refractivity (Wildman–Crippen MR) is 96.0 cm³/mol. The number of rotatable bonds is 6. The molecule has 25 heavy (non-hydrogen) atoms. The lowest BCUT2D eigenvalue weighted by Gasteiger charge is -2.11. The molecule has 0 saturated heterocycles. The number of methoxy groups -OCH3 is 3. The summed E-state index contributed by atoms with van der Waals surface area (Å²) in [6.45, 7) is 0. The van der Waals surface area contributed by atoms with Gasteiger partial charge in [0.1, 0.15) is 22.5 Å². The summed E-state index contributed by atoms with van der Waals surface area (Å²) in [5.74, 6) is 2.05. The Labute approximate surface area is 145 Å². The van der Waals surface area contributed by atoms with Crippen LogP contribution in [0.25, 0.3) is 11.0 Å². The van der Waals surface area contributed by atoms with Crippen LogP contribution in [0.4, 0.5) is 0 Å². The van der Waals surface area contributed by atoms with Gasteiger partial charge in [0.05, 0.1) is 21.3 Å². The minimum Gasteiger partial charge on any atom is -0.497 e. The molecular weight excluding hydrogens is 320 g/mol. The first kappa shape index (κ1) is 16.9. The topological polar surface area (TPSA) is 57.9 Å². The molecule has 5 heteroatoms. The van der Waals surface area contributed by atoms with E-state index in [4.69, 9.17) is 18.6 Å². The fourth-order valence-electron chi connectivity index (χ4n) is 2.83. The van der Waals surface area contributed by atoms with Crippen LogP contribution in [0.1, 0.15) is 11.3 Å². The predicted octanol–water partition coefficient (Wildman–Crippen LogP) is 3.60. The number of hydrogen-bond acceptors (Lipinski definition) is 5. The highest BCUT2D eigenvalue weighted by Crippen LogP contribution is 2.28. The van der Waals surface area contributed by atoms with Crippen LogP contribution in [0.5, 0.6) is 17.2 Å². The molecule has 5 nitrogen and oxygen atoms in total. The highest BCUT2D eigenvalue weighted by molar-refractivity contribution is 5.84. The van der Waals surface area contributed by atoms with E-state index in [1.165, 1.54) is 14.2 Å². The smallest absolute Gasteiger partial charge is 0.238 e. The Morgan fingerprint density at radius 1 is 0.880 bits per heavy atom. The molecule has 1 aromatic heterocycles. The minimum absolute atomic E-state index is 0.217. The molecule has 0 radical (unpaired) electrons. The second-order valence-electron chi connectivity index (χ2n) is 5.57. The number of ether oxygens (including phenoxy) is 3. The van der Waals surface area contributed by atoms with Crippen LogP contribution in [-0.2, 0) is 12.8 Å². The molecule has 0 fully saturated rings. The summed E-state index contributed by atoms with van der Waals surface area (Å²) >= 11 is 0. The van der Waals surface area contributed by atoms with Gasteiger partial charge in [0.2, 0.25) is 11.2 Å². The van der Waals surface area contributed by atoms with E-state index in [9.17, 15) is 4.79 Å². The van der Waals surface area contributed by atoms with Crippen LogP contribution in [0, 0.1) is 0 Å². The monoisotopic (exact) mass is 340 g/mol. The van der Waals surface area contributed by atoms with E-state index in [0.29, 0.717) is 28.9 Å². The maximum atomic E-state index is 12.8. The summed E-state index contributed by atoms with van der Waals surface area (Å²) in [5.41, 5.74) is 1.40. The lowest BCUT2D eigenvalue weighted by molar-refractivity contribution is 0.375. The molecule has 0 atom stereocenters. The van der Waals surface area contributed by atoms with Gasteiger partial charge in [-0.05, 0) is 36.2 Å². The Morgan fingerprint density at radius 3 is 2.28 bits per heavy atom. The van der Waals surface area contributed by atoms with Gasteiger partial charge in [0.25, 0.3) is 0 Å². The van der Waals surface area contributed by atoms with Crippen LogP contribution in [0.3, 0.4) is 0 Å². The lowest BCUT2D eigenvalue weighted by atomic mass is 10.1. The molecule has 0 aliphatic heterocycles. The van der Waals surface area contributed by atoms with E-state index >= 15 is 0 Å². The minimum atomic E-state index is -0.217. The van der Waals surface area contributed by atoms with Crippen molar-refractivity contribution in [1.29, 1.82) is 0 Å². The van der Waals surface area contributed by atoms with Crippen molar-refractivity contribution in [3.05, 3.63) is 64.0 Å². The van der Waals surface area contributed by atoms with Gasteiger partial charge < -0.3 is 18.6 Å². The molecular formula is C20H20O5. The molecule has 0 N–H and O–H groups in total. The average Bonchev–Trinajstić information content (AvgIpc) is 2.66. The van der Waals surface area contributed by atoms with Crippen molar-refractivity contribution in [2.75, 3.05) is 21.3 Å². The Morgan fingerprint density at radius 2 is 1.64 bits per heavy atom. The van der Waals surface area contributed by atoms with E-state index in [-0.39, 0.29) is 11.2 Å². The van der Waals surface area contributed by atoms with Crippen molar-refractivity contribution in [3.63, 3.8) is 0 Å². The molecule has 3 aromatic rings. The first-order valence-electron chi connectivity index (χ1n) is 7.97. The van der Waals surface area contributed by atoms with Crippen molar-refractivity contribution in [2.45, 2.75) is 12.8 Å². The standard InChI is InChI=1S/C20H20O5/c1-22-14-10-7-13(8-11-14)9-12-17-20(24-3)19(21)18-15(23-2)5-4-6-16(18)25-17/h4-8,10-11H,9,12H2,1-3H3. The van der Waals surface area contributed by atoms with Gasteiger partial charge in [-0.15, -0.1) is 0 Å². The lowest BCUT2D eigenvalue weighted by Crippen LogP contribution is -2.11. The van der Waals surface area contributed by atoms with Gasteiger partial charge in [-0.3, -0.25) is 4.79 Å². The number of aryl methyl sites for hydroxylation is 2. The van der Waals surface area contributed by atoms with Crippen LogP contribution >= 0.6 is 0 Å². The van der Waals surface area contributed by atoms with Crippen molar-refractivity contribution >= 4 is 11.0 Å². The first-order valence-corrected chi connectivity index (χ1v) is 7.97. The quantitative estimate of drug-likeness (QED) is 0.686. The summed E-state index contributed by atoms with van der Waals surface area (Å²) in [7, 11) is 4.64. The molecule has 2 aromatic carbocycles. The summed E-state index contributed by atoms with van der Waals surface area (Å²) in [4.78, 5) is 12.8. The molecule has 130 valence electrons. The maximum Gasteiger partial charge on any atom is 0.238 e. The molecule has 1 heterocycles. The fraction of sp³-hybridized carbons (Fsp3) is 0.250. The van der Waals surface area contributed by atoms with E-state index in [1.54, 1.807) is 25.3 Å². The molecule has 0 amide bonds. The Balaban J connectivity index is 1.96. The second-order valence-corrected chi connectivity index (χ2v) is 5.57. The molecule has 0 aliphatic rings. The van der Waals surface area contributed by atoms with Crippen LogP contribution in [-0.4, -0.2) is 21.3 Å². The maximum absolute atomic E-state index is 12.8. The van der Waals surface area contributed by atoms with Gasteiger partial charge in [0.15, 0.2) is 5.76 Å². The van der Waals surface area contributed by atoms with Gasteiger partial charge in [-0.25, -0.2) is 0 Å². The largest absolute Gasteiger partial charge is 0.497 e. The Kier molecular flexibility index (Phi) is 4.93. The fourth-order valence-corrected chi connectivity index (χ4v) is 2.83. The van der Waals surface area contributed by atoms with E-state index in [1.807, 2.05) is 24.3 Å². The zero-order valence-corrected chi connectivity index (χ0v) is 14.5. The van der Waals surface area contributed by atoms with Crippen molar-refractivity contribution < 1.29 is 18.6 Å². The Bertz CT molecular complexity index is 925. The third-order valence-corrected chi connectivity index (χ3v) is 4.13. The summed E-state index contributed by atoms with van der Waals surface area (Å²) in [5, 5.41) is 0.398. The third-order valence-electron chi connectivity index (χ3n) is 4.13. The molecule has 0 aliphatic carbocycles. The van der Waals surface area contributed by atoms with Gasteiger partial charge in [-0.1, -0.05) is 18.2 Å². The molecule has 0 bridgehead atoms. The summed E-state index contributed by atoms with van der Waals surface area (Å²) in [6.07, 6.45) is 1.27. The zero-order valence-electron chi connectivity index (χ0n) is 14.5. The summed E-state index contributed by atoms with van der Waals surface area (Å²) < 4.78 is 21.7. The van der Waals surface area contributed by atoms with Crippen molar-refractivity contribution in [2.24, 2.45) is 0 Å². The van der Waals surface area contributed by atoms with E-state index in [0.717, 1.165) is 17.7 Å². The average molecular weight is 340 g/mol. The highest BCUT2D eigenvalue weighted by Gasteiger charge is 2.17. The zero-order chi connectivity index (χ0) is 17.8. The van der Waals surface area contributed by atoms with Gasteiger partial charge in [-0.2, -0.15) is 0 Å². The number of benzene rings is 2. The van der Waals surface area contributed by atoms with Crippen molar-refractivity contribution in [3.8, 4) is 17.2 Å². The number of hydrogen-bond donors (Lipinski definition) is 0. The van der Waals surface area contributed by atoms with E-state index in [2.05, 4.69) is 0 Å². The molecule has 0 saturated carbocycles. The third kappa shape index (κ3) is 3.31. The van der Waals surface area contributed by atoms with Gasteiger partial charge >= 0.3 is 0 Å². The van der Waals surface area contributed by atoms with E-state index < -0.39 is 0 Å². The van der Waals surface area contributed by atoms with Crippen LogP contribution < -0.4 is 19.6 Å². The first-order chi connectivity index (χ1) is 12.2. The molecule has 0 spiro atoms. The van der Waals surface area contributed by atoms with Gasteiger partial charge in [0, 0.05) is 6.42 Å². The van der Waals surface area contributed by atoms with Crippen LogP contribution in [0.2, 0.25) is 0 Å². The summed E-state index contributed by atoms with van der Waals surface area (Å²) in [6, 6.07) is 13.1. The second kappa shape index (κ2) is 7.30. The van der Waals surface area contributed by atoms with Crippen molar-refractivity contribution in [1.82, 2.24) is 0 Å².